The van der Waals surface area contributed by atoms with Crippen molar-refractivity contribution in [3.05, 3.63) is 0 Å². The van der Waals surface area contributed by atoms with Crippen LogP contribution in [-0.2, 0) is 9.84 Å². The van der Waals surface area contributed by atoms with Gasteiger partial charge in [-0.3, -0.25) is 4.99 Å². The molecule has 0 aliphatic heterocycles. The number of sulfone groups is 1. The Morgan fingerprint density at radius 2 is 1.83 bits per heavy atom. The largest absolute Gasteiger partial charge is 0.356 e. The summed E-state index contributed by atoms with van der Waals surface area (Å²) in [5.41, 5.74) is 0. The highest BCUT2D eigenvalue weighted by molar-refractivity contribution is 14.0. The molecule has 0 heterocycles. The lowest BCUT2D eigenvalue weighted by Crippen LogP contribution is -2.43. The van der Waals surface area contributed by atoms with Crippen LogP contribution < -0.4 is 10.6 Å². The van der Waals surface area contributed by atoms with E-state index in [0.29, 0.717) is 19.0 Å². The predicted octanol–water partition coefficient (Wildman–Crippen LogP) is 1.71. The van der Waals surface area contributed by atoms with Crippen molar-refractivity contribution in [1.82, 2.24) is 15.5 Å². The van der Waals surface area contributed by atoms with Crippen molar-refractivity contribution >= 4 is 39.8 Å². The number of hydrogen-bond donors (Lipinski definition) is 2. The standard InChI is InChI=1S/C15H34N4O2S.HI/c1-6-19(7-2)12-8-10-14(3)18-15(16-4)17-11-9-13-22(5,20)21;/h14H,6-13H2,1-5H3,(H2,16,17,18);1H. The van der Waals surface area contributed by atoms with Crippen molar-refractivity contribution in [2.24, 2.45) is 4.99 Å². The summed E-state index contributed by atoms with van der Waals surface area (Å²) in [6.45, 7) is 10.5. The van der Waals surface area contributed by atoms with E-state index < -0.39 is 9.84 Å². The fourth-order valence-corrected chi connectivity index (χ4v) is 2.87. The molecule has 2 N–H and O–H groups in total. The molecule has 0 amide bonds. The Kier molecular flexibility index (Phi) is 15.6. The molecule has 23 heavy (non-hydrogen) atoms. The van der Waals surface area contributed by atoms with E-state index in [1.807, 2.05) is 0 Å². The maximum absolute atomic E-state index is 11.1. The van der Waals surface area contributed by atoms with Crippen LogP contribution in [0.3, 0.4) is 0 Å². The van der Waals surface area contributed by atoms with Gasteiger partial charge in [-0.1, -0.05) is 13.8 Å². The molecule has 0 aliphatic rings. The van der Waals surface area contributed by atoms with Gasteiger partial charge < -0.3 is 15.5 Å². The first-order chi connectivity index (χ1) is 10.3. The normalized spacial score (nSPS) is 13.6. The second-order valence-corrected chi connectivity index (χ2v) is 7.96. The molecule has 0 rings (SSSR count). The van der Waals surface area contributed by atoms with E-state index in [9.17, 15) is 8.42 Å². The van der Waals surface area contributed by atoms with Crippen molar-refractivity contribution in [3.63, 3.8) is 0 Å². The molecule has 0 aromatic carbocycles. The third-order valence-electron chi connectivity index (χ3n) is 3.60. The second kappa shape index (κ2) is 14.3. The van der Waals surface area contributed by atoms with E-state index in [0.717, 1.165) is 38.4 Å². The van der Waals surface area contributed by atoms with E-state index in [1.165, 1.54) is 6.26 Å². The molecule has 0 radical (unpaired) electrons. The van der Waals surface area contributed by atoms with Crippen LogP contribution in [-0.4, -0.2) is 70.6 Å². The van der Waals surface area contributed by atoms with E-state index in [2.05, 4.69) is 41.3 Å². The van der Waals surface area contributed by atoms with Crippen LogP contribution >= 0.6 is 24.0 Å². The van der Waals surface area contributed by atoms with Crippen molar-refractivity contribution < 1.29 is 8.42 Å². The van der Waals surface area contributed by atoms with E-state index in [-0.39, 0.29) is 29.7 Å². The van der Waals surface area contributed by atoms with Crippen LogP contribution in [0.1, 0.15) is 40.0 Å². The Balaban J connectivity index is 0. The van der Waals surface area contributed by atoms with Crippen LogP contribution in [0.5, 0.6) is 0 Å². The molecule has 8 heteroatoms. The highest BCUT2D eigenvalue weighted by Gasteiger charge is 2.07. The molecular formula is C15H35IN4O2S. The fraction of sp³-hybridized carbons (Fsp3) is 0.933. The second-order valence-electron chi connectivity index (χ2n) is 5.70. The number of rotatable bonds is 11. The summed E-state index contributed by atoms with van der Waals surface area (Å²) in [5.74, 6) is 0.944. The topological polar surface area (TPSA) is 73.8 Å². The minimum absolute atomic E-state index is 0. The van der Waals surface area contributed by atoms with Crippen LogP contribution in [0, 0.1) is 0 Å². The van der Waals surface area contributed by atoms with E-state index >= 15 is 0 Å². The maximum Gasteiger partial charge on any atom is 0.191 e. The first kappa shape index (κ1) is 25.2. The average Bonchev–Trinajstić information content (AvgIpc) is 2.45. The summed E-state index contributed by atoms with van der Waals surface area (Å²) >= 11 is 0. The first-order valence-corrected chi connectivity index (χ1v) is 10.3. The van der Waals surface area contributed by atoms with Gasteiger partial charge in [-0.05, 0) is 45.8 Å². The summed E-state index contributed by atoms with van der Waals surface area (Å²) in [4.78, 5) is 6.59. The molecule has 0 saturated carbocycles. The Hall–Kier alpha value is -0.0900. The Morgan fingerprint density at radius 1 is 1.22 bits per heavy atom. The lowest BCUT2D eigenvalue weighted by atomic mass is 10.2. The number of aliphatic imine (C=N–C) groups is 1. The van der Waals surface area contributed by atoms with Gasteiger partial charge in [0.2, 0.25) is 0 Å². The number of halogens is 1. The van der Waals surface area contributed by atoms with Crippen molar-refractivity contribution in [2.75, 3.05) is 45.2 Å². The SMILES string of the molecule is CCN(CC)CCCC(C)NC(=NC)NCCCS(C)(=O)=O.I. The van der Waals surface area contributed by atoms with Gasteiger partial charge in [-0.25, -0.2) is 8.42 Å². The molecule has 0 aromatic rings. The maximum atomic E-state index is 11.1. The minimum Gasteiger partial charge on any atom is -0.356 e. The highest BCUT2D eigenvalue weighted by Crippen LogP contribution is 1.99. The van der Waals surface area contributed by atoms with Crippen molar-refractivity contribution in [1.29, 1.82) is 0 Å². The van der Waals surface area contributed by atoms with Gasteiger partial charge in [0.15, 0.2) is 5.96 Å². The van der Waals surface area contributed by atoms with E-state index in [1.54, 1.807) is 7.05 Å². The van der Waals surface area contributed by atoms with Crippen LogP contribution in [0.15, 0.2) is 4.99 Å². The molecule has 0 saturated heterocycles. The van der Waals surface area contributed by atoms with Crippen LogP contribution in [0.4, 0.5) is 0 Å². The highest BCUT2D eigenvalue weighted by atomic mass is 127. The van der Waals surface area contributed by atoms with Gasteiger partial charge in [0.05, 0.1) is 5.75 Å². The number of guanidine groups is 1. The molecule has 0 bridgehead atoms. The van der Waals surface area contributed by atoms with E-state index in [4.69, 9.17) is 0 Å². The summed E-state index contributed by atoms with van der Waals surface area (Å²) in [6.07, 6.45) is 4.09. The zero-order valence-electron chi connectivity index (χ0n) is 15.3. The van der Waals surface area contributed by atoms with Gasteiger partial charge in [0, 0.05) is 25.9 Å². The summed E-state index contributed by atoms with van der Waals surface area (Å²) < 4.78 is 22.1. The number of nitrogens with zero attached hydrogens (tertiary/aromatic N) is 2. The molecule has 6 nitrogen and oxygen atoms in total. The van der Waals surface area contributed by atoms with Gasteiger partial charge >= 0.3 is 0 Å². The minimum atomic E-state index is -2.88. The molecule has 140 valence electrons. The van der Waals surface area contributed by atoms with Crippen LogP contribution in [0.25, 0.3) is 0 Å². The summed E-state index contributed by atoms with van der Waals surface area (Å²) in [6, 6.07) is 0.344. The van der Waals surface area contributed by atoms with Gasteiger partial charge in [-0.15, -0.1) is 24.0 Å². The molecule has 1 unspecified atom stereocenters. The zero-order valence-corrected chi connectivity index (χ0v) is 18.4. The zero-order chi connectivity index (χ0) is 17.0. The monoisotopic (exact) mass is 462 g/mol. The Morgan fingerprint density at radius 3 is 2.30 bits per heavy atom. The smallest absolute Gasteiger partial charge is 0.191 e. The first-order valence-electron chi connectivity index (χ1n) is 8.19. The fourth-order valence-electron chi connectivity index (χ4n) is 2.20. The van der Waals surface area contributed by atoms with Gasteiger partial charge in [0.1, 0.15) is 9.84 Å². The lowest BCUT2D eigenvalue weighted by molar-refractivity contribution is 0.292. The van der Waals surface area contributed by atoms with Crippen molar-refractivity contribution in [2.45, 2.75) is 46.1 Å². The summed E-state index contributed by atoms with van der Waals surface area (Å²) in [5, 5.41) is 6.50. The van der Waals surface area contributed by atoms with Crippen molar-refractivity contribution in [3.8, 4) is 0 Å². The average molecular weight is 462 g/mol. The number of hydrogen-bond acceptors (Lipinski definition) is 4. The molecule has 0 aliphatic carbocycles. The quantitative estimate of drug-likeness (QED) is 0.212. The Labute approximate surface area is 159 Å². The number of nitrogens with one attached hydrogen (secondary N) is 2. The molecular weight excluding hydrogens is 427 g/mol. The third kappa shape index (κ3) is 15.2. The molecule has 0 aromatic heterocycles. The van der Waals surface area contributed by atoms with Gasteiger partial charge in [-0.2, -0.15) is 0 Å². The Bertz CT molecular complexity index is 412. The lowest BCUT2D eigenvalue weighted by Gasteiger charge is -2.21. The van der Waals surface area contributed by atoms with Gasteiger partial charge in [0.25, 0.3) is 0 Å². The molecule has 1 atom stereocenters. The molecule has 0 spiro atoms. The predicted molar refractivity (Wildman–Crippen MR) is 111 cm³/mol. The third-order valence-corrected chi connectivity index (χ3v) is 4.63. The van der Waals surface area contributed by atoms with Crippen LogP contribution in [0.2, 0.25) is 0 Å². The molecule has 0 fully saturated rings. The summed E-state index contributed by atoms with van der Waals surface area (Å²) in [7, 11) is -1.15.